The molecule has 1 fully saturated rings. The van der Waals surface area contributed by atoms with E-state index in [1.807, 2.05) is 0 Å². The summed E-state index contributed by atoms with van der Waals surface area (Å²) in [7, 11) is 3.26. The van der Waals surface area contributed by atoms with Crippen molar-refractivity contribution in [3.63, 3.8) is 0 Å². The monoisotopic (exact) mass is 225 g/mol. The Kier molecular flexibility index (Phi) is 3.12. The van der Waals surface area contributed by atoms with E-state index < -0.39 is 0 Å². The quantitative estimate of drug-likeness (QED) is 0.839. The Morgan fingerprint density at radius 3 is 2.62 bits per heavy atom. The van der Waals surface area contributed by atoms with E-state index >= 15 is 0 Å². The van der Waals surface area contributed by atoms with Gasteiger partial charge in [-0.1, -0.05) is 6.07 Å². The molecule has 0 bridgehead atoms. The number of halogens is 1. The summed E-state index contributed by atoms with van der Waals surface area (Å²) < 4.78 is 23.7. The van der Waals surface area contributed by atoms with E-state index in [4.69, 9.17) is 9.47 Å². The van der Waals surface area contributed by atoms with Crippen molar-refractivity contribution >= 4 is 0 Å². The Bertz CT molecular complexity index is 372. The molecular weight excluding hydrogens is 209 g/mol. The second-order valence-electron chi connectivity index (χ2n) is 4.12. The molecule has 88 valence electrons. The smallest absolute Gasteiger partial charge is 0.126 e. The van der Waals surface area contributed by atoms with E-state index in [0.29, 0.717) is 5.75 Å². The predicted octanol–water partition coefficient (Wildman–Crippen LogP) is 1.37. The van der Waals surface area contributed by atoms with Crippen molar-refractivity contribution in [1.29, 1.82) is 0 Å². The fourth-order valence-electron chi connectivity index (χ4n) is 1.96. The highest BCUT2D eigenvalue weighted by molar-refractivity contribution is 5.35. The number of nitrogens with one attached hydrogen (secondary N) is 1. The zero-order valence-electron chi connectivity index (χ0n) is 9.55. The normalized spacial score (nSPS) is 17.9. The first kappa shape index (κ1) is 11.4. The molecule has 0 unspecified atom stereocenters. The predicted molar refractivity (Wildman–Crippen MR) is 59.3 cm³/mol. The van der Waals surface area contributed by atoms with Crippen molar-refractivity contribution < 1.29 is 13.9 Å². The Morgan fingerprint density at radius 2 is 2.12 bits per heavy atom. The van der Waals surface area contributed by atoms with Crippen LogP contribution in [-0.4, -0.2) is 32.9 Å². The van der Waals surface area contributed by atoms with Crippen LogP contribution >= 0.6 is 0 Å². The molecule has 1 aliphatic heterocycles. The number of ether oxygens (including phenoxy) is 2. The van der Waals surface area contributed by atoms with Crippen LogP contribution in [0.5, 0.6) is 5.75 Å². The Hall–Kier alpha value is -1.13. The summed E-state index contributed by atoms with van der Waals surface area (Å²) in [6.45, 7) is 1.65. The Labute approximate surface area is 94.6 Å². The molecule has 1 saturated heterocycles. The minimum atomic E-state index is -0.279. The van der Waals surface area contributed by atoms with Gasteiger partial charge in [0.1, 0.15) is 11.6 Å². The molecular formula is C12H16FNO2. The first-order valence-corrected chi connectivity index (χ1v) is 5.27. The SMILES string of the molecule is COc1cc(F)ccc1CC1(OC)CNC1. The molecule has 4 heteroatoms. The molecule has 1 N–H and O–H groups in total. The van der Waals surface area contributed by atoms with Gasteiger partial charge in [0.25, 0.3) is 0 Å². The highest BCUT2D eigenvalue weighted by Crippen LogP contribution is 2.28. The summed E-state index contributed by atoms with van der Waals surface area (Å²) in [6.07, 6.45) is 0.736. The molecule has 1 aliphatic rings. The second kappa shape index (κ2) is 4.39. The maximum absolute atomic E-state index is 13.0. The number of methoxy groups -OCH3 is 2. The van der Waals surface area contributed by atoms with Crippen LogP contribution in [0.3, 0.4) is 0 Å². The highest BCUT2D eigenvalue weighted by Gasteiger charge is 2.37. The molecule has 0 amide bonds. The first-order chi connectivity index (χ1) is 7.69. The zero-order valence-corrected chi connectivity index (χ0v) is 9.55. The van der Waals surface area contributed by atoms with Crippen LogP contribution in [-0.2, 0) is 11.2 Å². The molecule has 0 spiro atoms. The van der Waals surface area contributed by atoms with Gasteiger partial charge in [0, 0.05) is 32.7 Å². The van der Waals surface area contributed by atoms with Crippen LogP contribution in [0.1, 0.15) is 5.56 Å². The maximum Gasteiger partial charge on any atom is 0.126 e. The van der Waals surface area contributed by atoms with Gasteiger partial charge in [-0.2, -0.15) is 0 Å². The lowest BCUT2D eigenvalue weighted by atomic mass is 9.88. The van der Waals surface area contributed by atoms with E-state index in [1.54, 1.807) is 20.3 Å². The lowest BCUT2D eigenvalue weighted by Crippen LogP contribution is -2.61. The molecule has 16 heavy (non-hydrogen) atoms. The lowest BCUT2D eigenvalue weighted by Gasteiger charge is -2.41. The molecule has 0 aromatic heterocycles. The van der Waals surface area contributed by atoms with Crippen molar-refractivity contribution in [1.82, 2.24) is 5.32 Å². The van der Waals surface area contributed by atoms with Gasteiger partial charge in [-0.15, -0.1) is 0 Å². The average molecular weight is 225 g/mol. The molecule has 0 radical (unpaired) electrons. The van der Waals surface area contributed by atoms with E-state index in [0.717, 1.165) is 25.1 Å². The third-order valence-corrected chi connectivity index (χ3v) is 3.09. The molecule has 1 aromatic carbocycles. The van der Waals surface area contributed by atoms with Gasteiger partial charge in [0.15, 0.2) is 0 Å². The van der Waals surface area contributed by atoms with Gasteiger partial charge in [-0.3, -0.25) is 0 Å². The lowest BCUT2D eigenvalue weighted by molar-refractivity contribution is -0.0505. The summed E-state index contributed by atoms with van der Waals surface area (Å²) in [5, 5.41) is 3.18. The molecule has 2 rings (SSSR count). The Balaban J connectivity index is 2.20. The van der Waals surface area contributed by atoms with E-state index in [1.165, 1.54) is 12.1 Å². The second-order valence-corrected chi connectivity index (χ2v) is 4.12. The maximum atomic E-state index is 13.0. The van der Waals surface area contributed by atoms with Gasteiger partial charge < -0.3 is 14.8 Å². The van der Waals surface area contributed by atoms with Gasteiger partial charge >= 0.3 is 0 Å². The third kappa shape index (κ3) is 2.03. The summed E-state index contributed by atoms with van der Waals surface area (Å²) in [6, 6.07) is 4.62. The molecule has 3 nitrogen and oxygen atoms in total. The first-order valence-electron chi connectivity index (χ1n) is 5.27. The van der Waals surface area contributed by atoms with Crippen molar-refractivity contribution in [2.24, 2.45) is 0 Å². The molecule has 0 atom stereocenters. The van der Waals surface area contributed by atoms with Crippen LogP contribution in [0.4, 0.5) is 4.39 Å². The summed E-state index contributed by atoms with van der Waals surface area (Å²) in [5.74, 6) is 0.308. The Morgan fingerprint density at radius 1 is 1.38 bits per heavy atom. The summed E-state index contributed by atoms with van der Waals surface area (Å²) in [5.41, 5.74) is 0.817. The van der Waals surface area contributed by atoms with Gasteiger partial charge in [0.2, 0.25) is 0 Å². The number of rotatable bonds is 4. The van der Waals surface area contributed by atoms with Gasteiger partial charge in [-0.05, 0) is 11.6 Å². The van der Waals surface area contributed by atoms with Crippen LogP contribution in [0.15, 0.2) is 18.2 Å². The third-order valence-electron chi connectivity index (χ3n) is 3.09. The van der Waals surface area contributed by atoms with Crippen LogP contribution in [0.25, 0.3) is 0 Å². The fourth-order valence-corrected chi connectivity index (χ4v) is 1.96. The minimum Gasteiger partial charge on any atom is -0.496 e. The van der Waals surface area contributed by atoms with Crippen LogP contribution < -0.4 is 10.1 Å². The highest BCUT2D eigenvalue weighted by atomic mass is 19.1. The molecule has 0 saturated carbocycles. The van der Waals surface area contributed by atoms with Gasteiger partial charge in [-0.25, -0.2) is 4.39 Å². The minimum absolute atomic E-state index is 0.162. The largest absolute Gasteiger partial charge is 0.496 e. The number of hydrogen-bond donors (Lipinski definition) is 1. The van der Waals surface area contributed by atoms with E-state index in [9.17, 15) is 4.39 Å². The van der Waals surface area contributed by atoms with E-state index in [-0.39, 0.29) is 11.4 Å². The number of hydrogen-bond acceptors (Lipinski definition) is 3. The molecule has 1 heterocycles. The van der Waals surface area contributed by atoms with Crippen molar-refractivity contribution in [3.8, 4) is 5.75 Å². The summed E-state index contributed by atoms with van der Waals surface area (Å²) >= 11 is 0. The fraction of sp³-hybridized carbons (Fsp3) is 0.500. The van der Waals surface area contributed by atoms with Crippen molar-refractivity contribution in [2.45, 2.75) is 12.0 Å². The van der Waals surface area contributed by atoms with Crippen molar-refractivity contribution in [2.75, 3.05) is 27.3 Å². The van der Waals surface area contributed by atoms with Crippen LogP contribution in [0.2, 0.25) is 0 Å². The summed E-state index contributed by atoms with van der Waals surface area (Å²) in [4.78, 5) is 0. The molecule has 0 aliphatic carbocycles. The molecule has 1 aromatic rings. The zero-order chi connectivity index (χ0) is 11.6. The average Bonchev–Trinajstić information content (AvgIpc) is 2.25. The van der Waals surface area contributed by atoms with Crippen LogP contribution in [0, 0.1) is 5.82 Å². The standard InChI is InChI=1S/C12H16FNO2/c1-15-11-5-10(13)4-3-9(11)6-12(16-2)7-14-8-12/h3-5,14H,6-8H2,1-2H3. The van der Waals surface area contributed by atoms with Gasteiger partial charge in [0.05, 0.1) is 12.7 Å². The van der Waals surface area contributed by atoms with Crippen molar-refractivity contribution in [3.05, 3.63) is 29.6 Å². The topological polar surface area (TPSA) is 30.5 Å². The number of benzene rings is 1. The van der Waals surface area contributed by atoms with E-state index in [2.05, 4.69) is 5.32 Å².